The van der Waals surface area contributed by atoms with Crippen LogP contribution < -0.4 is 15.4 Å². The van der Waals surface area contributed by atoms with Crippen LogP contribution in [-0.4, -0.2) is 55.0 Å². The number of rotatable bonds is 15. The predicted octanol–water partition coefficient (Wildman–Crippen LogP) is 4.21. The third-order valence-corrected chi connectivity index (χ3v) is 7.50. The van der Waals surface area contributed by atoms with Crippen molar-refractivity contribution in [2.75, 3.05) is 13.7 Å². The molecule has 1 aliphatic rings. The minimum Gasteiger partial charge on any atom is -0.497 e. The van der Waals surface area contributed by atoms with E-state index in [0.29, 0.717) is 18.8 Å². The van der Waals surface area contributed by atoms with E-state index < -0.39 is 35.6 Å². The number of hydrogen-bond donors (Lipinski definition) is 2. The maximum absolute atomic E-state index is 13.8. The lowest BCUT2D eigenvalue weighted by Crippen LogP contribution is -2.50. The van der Waals surface area contributed by atoms with Gasteiger partial charge in [-0.15, -0.1) is 0 Å². The molecule has 0 aromatic heterocycles. The fraction of sp³-hybridized carbons (Fsp3) is 0.353. The molecule has 4 atom stereocenters. The zero-order chi connectivity index (χ0) is 30.8. The van der Waals surface area contributed by atoms with Gasteiger partial charge in [0.25, 0.3) is 0 Å². The number of carbonyl (C=O) groups excluding carboxylic acids is 4. The van der Waals surface area contributed by atoms with Crippen molar-refractivity contribution in [1.82, 2.24) is 10.6 Å². The van der Waals surface area contributed by atoms with Crippen molar-refractivity contribution in [1.29, 1.82) is 0 Å². The summed E-state index contributed by atoms with van der Waals surface area (Å²) in [4.78, 5) is 52.8. The first-order valence-corrected chi connectivity index (χ1v) is 14.3. The number of benzene rings is 3. The van der Waals surface area contributed by atoms with Crippen molar-refractivity contribution in [2.45, 2.75) is 57.4 Å². The minimum atomic E-state index is -0.938. The smallest absolute Gasteiger partial charge is 0.408 e. The molecular formula is C34H38N2O7. The normalized spacial score (nSPS) is 17.6. The Morgan fingerprint density at radius 3 is 2.00 bits per heavy atom. The van der Waals surface area contributed by atoms with Gasteiger partial charge < -0.3 is 24.8 Å². The standard InChI is InChI=1S/C34H38N2O7/c1-23(35-33(40)42-21-26-12-8-5-9-13-26)30(37)20-27(18-25-14-16-28(41-3)17-15-25)32(39)36-29(31(38)34(2)22-43-34)19-24-10-6-4-7-11-24/h4-17,23,27,29H,18-22H2,1-3H3,(H,35,40)(H,36,39)/t23?,27-,29+,34?/m1/s1. The second-order valence-electron chi connectivity index (χ2n) is 11.0. The van der Waals surface area contributed by atoms with Gasteiger partial charge in [0.15, 0.2) is 11.6 Å². The fourth-order valence-electron chi connectivity index (χ4n) is 4.71. The lowest BCUT2D eigenvalue weighted by atomic mass is 9.90. The van der Waals surface area contributed by atoms with Crippen LogP contribution in [0.25, 0.3) is 0 Å². The molecule has 3 aromatic rings. The number of nitrogens with one attached hydrogen (secondary N) is 2. The topological polar surface area (TPSA) is 123 Å². The number of epoxide rings is 1. The Balaban J connectivity index is 1.45. The zero-order valence-electron chi connectivity index (χ0n) is 24.7. The number of amides is 2. The summed E-state index contributed by atoms with van der Waals surface area (Å²) in [6.07, 6.45) is -0.351. The Bertz CT molecular complexity index is 1390. The molecule has 0 spiro atoms. The van der Waals surface area contributed by atoms with Crippen LogP contribution in [-0.2, 0) is 43.3 Å². The first-order chi connectivity index (χ1) is 20.7. The van der Waals surface area contributed by atoms with Crippen LogP contribution >= 0.6 is 0 Å². The average Bonchev–Trinajstić information content (AvgIpc) is 3.78. The van der Waals surface area contributed by atoms with Crippen molar-refractivity contribution in [3.05, 3.63) is 102 Å². The van der Waals surface area contributed by atoms with Gasteiger partial charge in [0.2, 0.25) is 5.91 Å². The van der Waals surface area contributed by atoms with E-state index in [0.717, 1.165) is 16.7 Å². The van der Waals surface area contributed by atoms with Gasteiger partial charge in [0.1, 0.15) is 18.0 Å². The van der Waals surface area contributed by atoms with Crippen LogP contribution in [0.15, 0.2) is 84.9 Å². The molecule has 1 saturated heterocycles. The Labute approximate surface area is 251 Å². The highest BCUT2D eigenvalue weighted by Gasteiger charge is 2.50. The number of hydrogen-bond acceptors (Lipinski definition) is 7. The van der Waals surface area contributed by atoms with Crippen LogP contribution in [0.5, 0.6) is 5.75 Å². The maximum Gasteiger partial charge on any atom is 0.408 e. The van der Waals surface area contributed by atoms with Gasteiger partial charge in [0, 0.05) is 12.3 Å². The molecule has 2 amide bonds. The average molecular weight is 587 g/mol. The van der Waals surface area contributed by atoms with Crippen molar-refractivity contribution < 1.29 is 33.4 Å². The minimum absolute atomic E-state index is 0.0650. The third kappa shape index (κ3) is 9.24. The zero-order valence-corrected chi connectivity index (χ0v) is 24.7. The van der Waals surface area contributed by atoms with E-state index >= 15 is 0 Å². The van der Waals surface area contributed by atoms with Crippen LogP contribution in [0.4, 0.5) is 4.79 Å². The number of carbonyl (C=O) groups is 4. The molecule has 0 bridgehead atoms. The third-order valence-electron chi connectivity index (χ3n) is 7.50. The predicted molar refractivity (Wildman–Crippen MR) is 160 cm³/mol. The van der Waals surface area contributed by atoms with E-state index in [2.05, 4.69) is 10.6 Å². The van der Waals surface area contributed by atoms with Gasteiger partial charge in [-0.2, -0.15) is 0 Å². The van der Waals surface area contributed by atoms with Gasteiger partial charge >= 0.3 is 6.09 Å². The molecule has 9 nitrogen and oxygen atoms in total. The van der Waals surface area contributed by atoms with Crippen molar-refractivity contribution in [2.24, 2.45) is 5.92 Å². The van der Waals surface area contributed by atoms with Gasteiger partial charge in [-0.3, -0.25) is 14.4 Å². The lowest BCUT2D eigenvalue weighted by Gasteiger charge is -2.24. The Morgan fingerprint density at radius 2 is 1.42 bits per heavy atom. The first kappa shape index (κ1) is 31.4. The quantitative estimate of drug-likeness (QED) is 0.256. The second kappa shape index (κ2) is 14.6. The maximum atomic E-state index is 13.8. The SMILES string of the molecule is COc1ccc(C[C@H](CC(=O)C(C)NC(=O)OCc2ccccc2)C(=O)N[C@@H](Cc2ccccc2)C(=O)C2(C)CO2)cc1. The largest absolute Gasteiger partial charge is 0.497 e. The molecule has 2 N–H and O–H groups in total. The number of methoxy groups -OCH3 is 1. The molecule has 1 aliphatic heterocycles. The summed E-state index contributed by atoms with van der Waals surface area (Å²) in [5.41, 5.74) is 1.59. The summed E-state index contributed by atoms with van der Waals surface area (Å²) in [5, 5.41) is 5.48. The van der Waals surface area contributed by atoms with Gasteiger partial charge in [-0.05, 0) is 55.5 Å². The van der Waals surface area contributed by atoms with E-state index in [1.165, 1.54) is 0 Å². The summed E-state index contributed by atoms with van der Waals surface area (Å²) in [5.74, 6) is -1.12. The van der Waals surface area contributed by atoms with E-state index in [-0.39, 0.29) is 31.0 Å². The van der Waals surface area contributed by atoms with Crippen molar-refractivity contribution in [3.63, 3.8) is 0 Å². The highest BCUT2D eigenvalue weighted by molar-refractivity contribution is 5.98. The van der Waals surface area contributed by atoms with E-state index in [1.54, 1.807) is 33.1 Å². The molecule has 2 unspecified atom stereocenters. The summed E-state index contributed by atoms with van der Waals surface area (Å²) >= 11 is 0. The Hall–Kier alpha value is -4.50. The molecule has 3 aromatic carbocycles. The van der Waals surface area contributed by atoms with Gasteiger partial charge in [-0.25, -0.2) is 4.79 Å². The molecule has 0 radical (unpaired) electrons. The molecule has 9 heteroatoms. The van der Waals surface area contributed by atoms with Crippen LogP contribution in [0.3, 0.4) is 0 Å². The van der Waals surface area contributed by atoms with Crippen molar-refractivity contribution >= 4 is 23.6 Å². The summed E-state index contributed by atoms with van der Waals surface area (Å²) in [6, 6.07) is 24.1. The van der Waals surface area contributed by atoms with Crippen LogP contribution in [0.1, 0.15) is 37.0 Å². The number of Topliss-reactive ketones (excluding diaryl/α,β-unsaturated/α-hetero) is 2. The number of ketones is 2. The highest BCUT2D eigenvalue weighted by Crippen LogP contribution is 2.29. The molecule has 226 valence electrons. The molecular weight excluding hydrogens is 548 g/mol. The monoisotopic (exact) mass is 586 g/mol. The van der Waals surface area contributed by atoms with Gasteiger partial charge in [-0.1, -0.05) is 72.8 Å². The summed E-state index contributed by atoms with van der Waals surface area (Å²) in [6.45, 7) is 3.63. The van der Waals surface area contributed by atoms with E-state index in [4.69, 9.17) is 14.2 Å². The highest BCUT2D eigenvalue weighted by atomic mass is 16.6. The van der Waals surface area contributed by atoms with Crippen LogP contribution in [0.2, 0.25) is 0 Å². The molecule has 4 rings (SSSR count). The fourth-order valence-corrected chi connectivity index (χ4v) is 4.71. The molecule has 0 aliphatic carbocycles. The Kier molecular flexibility index (Phi) is 10.7. The Morgan fingerprint density at radius 1 is 0.837 bits per heavy atom. The lowest BCUT2D eigenvalue weighted by molar-refractivity contribution is -0.134. The van der Waals surface area contributed by atoms with Crippen LogP contribution in [0, 0.1) is 5.92 Å². The van der Waals surface area contributed by atoms with E-state index in [1.807, 2.05) is 72.8 Å². The second-order valence-corrected chi connectivity index (χ2v) is 11.0. The molecule has 1 fully saturated rings. The molecule has 1 heterocycles. The molecule has 43 heavy (non-hydrogen) atoms. The number of ether oxygens (including phenoxy) is 3. The summed E-state index contributed by atoms with van der Waals surface area (Å²) < 4.78 is 15.9. The van der Waals surface area contributed by atoms with Gasteiger partial charge in [0.05, 0.1) is 25.8 Å². The summed E-state index contributed by atoms with van der Waals surface area (Å²) in [7, 11) is 1.57. The number of alkyl carbamates (subject to hydrolysis) is 1. The molecule has 0 saturated carbocycles. The first-order valence-electron chi connectivity index (χ1n) is 14.3. The van der Waals surface area contributed by atoms with E-state index in [9.17, 15) is 19.2 Å². The van der Waals surface area contributed by atoms with Crippen molar-refractivity contribution in [3.8, 4) is 5.75 Å².